The maximum Gasteiger partial charge on any atom is 0.152 e. The van der Waals surface area contributed by atoms with Crippen LogP contribution in [-0.2, 0) is 6.54 Å². The number of aldehydes is 1. The lowest BCUT2D eigenvalue weighted by Gasteiger charge is -2.22. The molecule has 0 saturated heterocycles. The average molecular weight is 366 g/mol. The van der Waals surface area contributed by atoms with Gasteiger partial charge in [-0.3, -0.25) is 4.79 Å². The Morgan fingerprint density at radius 2 is 2.00 bits per heavy atom. The topological polar surface area (TPSA) is 28.5 Å². The van der Waals surface area contributed by atoms with E-state index < -0.39 is 0 Å². The minimum atomic E-state index is 0.749. The first kappa shape index (κ1) is 17.2. The molecule has 0 unspecified atom stereocenters. The van der Waals surface area contributed by atoms with Crippen LogP contribution in [0.25, 0.3) is 10.9 Å². The van der Waals surface area contributed by atoms with E-state index in [9.17, 15) is 4.79 Å². The summed E-state index contributed by atoms with van der Waals surface area (Å²) in [5.41, 5.74) is 1.86. The van der Waals surface area contributed by atoms with Crippen LogP contribution in [0.4, 0.5) is 0 Å². The first-order valence-electron chi connectivity index (χ1n) is 7.66. The fourth-order valence-electron chi connectivity index (χ4n) is 2.63. The molecule has 22 heavy (non-hydrogen) atoms. The molecule has 0 amide bonds. The number of carbonyl (C=O) groups excluding carboxylic acids is 1. The van der Waals surface area contributed by atoms with Crippen molar-refractivity contribution in [2.45, 2.75) is 13.5 Å². The molecule has 2 rings (SSSR count). The van der Waals surface area contributed by atoms with Gasteiger partial charge in [0.25, 0.3) is 0 Å². The van der Waals surface area contributed by atoms with E-state index in [0.717, 1.165) is 59.9 Å². The predicted octanol–water partition coefficient (Wildman–Crippen LogP) is 3.10. The lowest BCUT2D eigenvalue weighted by atomic mass is 10.2. The summed E-state index contributed by atoms with van der Waals surface area (Å²) in [4.78, 5) is 15.9. The molecule has 0 saturated carbocycles. The molecule has 120 valence electrons. The van der Waals surface area contributed by atoms with E-state index in [1.807, 2.05) is 18.3 Å². The SMILES string of the molecule is CCN(CCN(C)C)CCn1cc(C=O)c2c(Br)cccc21. The standard InChI is InChI=1S/C17H24BrN3O/c1-4-20(9-8-19(2)3)10-11-21-12-14(13-22)17-15(18)6-5-7-16(17)21/h5-7,12-13H,4,8-11H2,1-3H3. The highest BCUT2D eigenvalue weighted by molar-refractivity contribution is 9.10. The third kappa shape index (κ3) is 3.97. The first-order chi connectivity index (χ1) is 10.6. The van der Waals surface area contributed by atoms with Crippen molar-refractivity contribution in [2.75, 3.05) is 40.3 Å². The Morgan fingerprint density at radius 1 is 1.23 bits per heavy atom. The molecule has 5 heteroatoms. The fourth-order valence-corrected chi connectivity index (χ4v) is 3.22. The highest BCUT2D eigenvalue weighted by atomic mass is 79.9. The summed E-state index contributed by atoms with van der Waals surface area (Å²) >= 11 is 3.55. The Labute approximate surface area is 140 Å². The molecule has 0 aliphatic rings. The smallest absolute Gasteiger partial charge is 0.152 e. The zero-order valence-corrected chi connectivity index (χ0v) is 15.1. The van der Waals surface area contributed by atoms with Crippen LogP contribution in [0.5, 0.6) is 0 Å². The Bertz CT molecular complexity index is 636. The van der Waals surface area contributed by atoms with Crippen LogP contribution in [-0.4, -0.2) is 60.9 Å². The van der Waals surface area contributed by atoms with Crippen molar-refractivity contribution in [2.24, 2.45) is 0 Å². The van der Waals surface area contributed by atoms with Gasteiger partial charge in [-0.15, -0.1) is 0 Å². The van der Waals surface area contributed by atoms with Crippen molar-refractivity contribution < 1.29 is 4.79 Å². The molecule has 0 aliphatic heterocycles. The van der Waals surface area contributed by atoms with Crippen LogP contribution in [0.2, 0.25) is 0 Å². The Hall–Kier alpha value is -1.17. The minimum absolute atomic E-state index is 0.749. The molecular weight excluding hydrogens is 342 g/mol. The lowest BCUT2D eigenvalue weighted by Crippen LogP contribution is -2.33. The van der Waals surface area contributed by atoms with Crippen molar-refractivity contribution in [1.29, 1.82) is 0 Å². The van der Waals surface area contributed by atoms with Crippen molar-refractivity contribution in [3.8, 4) is 0 Å². The van der Waals surface area contributed by atoms with Gasteiger partial charge in [0, 0.05) is 53.3 Å². The molecular formula is C17H24BrN3O. The highest BCUT2D eigenvalue weighted by Gasteiger charge is 2.11. The minimum Gasteiger partial charge on any atom is -0.345 e. The molecule has 1 heterocycles. The summed E-state index contributed by atoms with van der Waals surface area (Å²) in [6.45, 7) is 7.23. The number of hydrogen-bond donors (Lipinski definition) is 0. The number of carbonyl (C=O) groups is 1. The Kier molecular flexibility index (Phi) is 6.17. The van der Waals surface area contributed by atoms with Crippen LogP contribution in [0.15, 0.2) is 28.9 Å². The number of nitrogens with zero attached hydrogens (tertiary/aromatic N) is 3. The van der Waals surface area contributed by atoms with Gasteiger partial charge < -0.3 is 14.4 Å². The van der Waals surface area contributed by atoms with E-state index >= 15 is 0 Å². The van der Waals surface area contributed by atoms with Gasteiger partial charge in [0.05, 0.1) is 0 Å². The van der Waals surface area contributed by atoms with Gasteiger partial charge in [0.2, 0.25) is 0 Å². The highest BCUT2D eigenvalue weighted by Crippen LogP contribution is 2.28. The van der Waals surface area contributed by atoms with E-state index in [1.165, 1.54) is 0 Å². The number of halogens is 1. The number of hydrogen-bond acceptors (Lipinski definition) is 3. The van der Waals surface area contributed by atoms with Gasteiger partial charge in [0.15, 0.2) is 6.29 Å². The number of aromatic nitrogens is 1. The van der Waals surface area contributed by atoms with E-state index in [4.69, 9.17) is 0 Å². The lowest BCUT2D eigenvalue weighted by molar-refractivity contribution is 0.112. The molecule has 0 atom stereocenters. The van der Waals surface area contributed by atoms with Crippen LogP contribution in [0, 0.1) is 0 Å². The van der Waals surface area contributed by atoms with Gasteiger partial charge >= 0.3 is 0 Å². The zero-order chi connectivity index (χ0) is 16.1. The number of likely N-dealkylation sites (N-methyl/N-ethyl adjacent to an activating group) is 2. The van der Waals surface area contributed by atoms with Crippen LogP contribution < -0.4 is 0 Å². The van der Waals surface area contributed by atoms with Crippen molar-refractivity contribution in [1.82, 2.24) is 14.4 Å². The maximum atomic E-state index is 11.3. The van der Waals surface area contributed by atoms with Crippen molar-refractivity contribution in [3.05, 3.63) is 34.4 Å². The van der Waals surface area contributed by atoms with Crippen LogP contribution in [0.1, 0.15) is 17.3 Å². The maximum absolute atomic E-state index is 11.3. The average Bonchev–Trinajstić information content (AvgIpc) is 2.87. The van der Waals surface area contributed by atoms with Gasteiger partial charge in [-0.25, -0.2) is 0 Å². The number of fused-ring (bicyclic) bond motifs is 1. The molecule has 0 aliphatic carbocycles. The Morgan fingerprint density at radius 3 is 2.64 bits per heavy atom. The van der Waals surface area contributed by atoms with E-state index in [0.29, 0.717) is 0 Å². The second-order valence-electron chi connectivity index (χ2n) is 5.77. The number of benzene rings is 1. The molecule has 0 bridgehead atoms. The van der Waals surface area contributed by atoms with Gasteiger partial charge in [0.1, 0.15) is 0 Å². The normalized spacial score (nSPS) is 11.7. The quantitative estimate of drug-likeness (QED) is 0.673. The molecule has 4 nitrogen and oxygen atoms in total. The molecule has 0 N–H and O–H groups in total. The molecule has 0 fully saturated rings. The summed E-state index contributed by atoms with van der Waals surface area (Å²) in [5.74, 6) is 0. The molecule has 1 aromatic heterocycles. The van der Waals surface area contributed by atoms with Gasteiger partial charge in [-0.05, 0) is 32.8 Å². The molecule has 2 aromatic rings. The summed E-state index contributed by atoms with van der Waals surface area (Å²) < 4.78 is 3.16. The van der Waals surface area contributed by atoms with E-state index in [-0.39, 0.29) is 0 Å². The second kappa shape index (κ2) is 7.90. The Balaban J connectivity index is 2.14. The summed E-state index contributed by atoms with van der Waals surface area (Å²) in [7, 11) is 4.20. The summed E-state index contributed by atoms with van der Waals surface area (Å²) in [5, 5.41) is 1.01. The van der Waals surface area contributed by atoms with Crippen molar-refractivity contribution in [3.63, 3.8) is 0 Å². The third-order valence-corrected chi connectivity index (χ3v) is 4.64. The second-order valence-corrected chi connectivity index (χ2v) is 6.62. The molecule has 1 aromatic carbocycles. The largest absolute Gasteiger partial charge is 0.345 e. The predicted molar refractivity (Wildman–Crippen MR) is 95.7 cm³/mol. The first-order valence-corrected chi connectivity index (χ1v) is 8.45. The van der Waals surface area contributed by atoms with Gasteiger partial charge in [-0.1, -0.05) is 28.9 Å². The summed E-state index contributed by atoms with van der Waals surface area (Å²) in [6.07, 6.45) is 2.90. The number of rotatable bonds is 8. The molecule has 0 radical (unpaired) electrons. The van der Waals surface area contributed by atoms with Crippen LogP contribution >= 0.6 is 15.9 Å². The van der Waals surface area contributed by atoms with Crippen LogP contribution in [0.3, 0.4) is 0 Å². The summed E-state index contributed by atoms with van der Waals surface area (Å²) in [6, 6.07) is 6.07. The monoisotopic (exact) mass is 365 g/mol. The van der Waals surface area contributed by atoms with E-state index in [2.05, 4.69) is 57.4 Å². The van der Waals surface area contributed by atoms with Crippen molar-refractivity contribution >= 4 is 33.1 Å². The zero-order valence-electron chi connectivity index (χ0n) is 13.6. The molecule has 0 spiro atoms. The van der Waals surface area contributed by atoms with E-state index in [1.54, 1.807) is 0 Å². The fraction of sp³-hybridized carbons (Fsp3) is 0.471. The third-order valence-electron chi connectivity index (χ3n) is 3.98. The van der Waals surface area contributed by atoms with Gasteiger partial charge in [-0.2, -0.15) is 0 Å².